The second-order valence-corrected chi connectivity index (χ2v) is 8.87. The molecule has 0 aliphatic heterocycles. The van der Waals surface area contributed by atoms with Crippen LogP contribution in [0.25, 0.3) is 0 Å². The van der Waals surface area contributed by atoms with Gasteiger partial charge in [0.15, 0.2) is 0 Å². The highest BCUT2D eigenvalue weighted by atomic mass is 79.9. The smallest absolute Gasteiger partial charge is 0.207 e. The molecule has 1 atom stereocenters. The van der Waals surface area contributed by atoms with Crippen molar-refractivity contribution in [3.63, 3.8) is 0 Å². The molecule has 1 aliphatic rings. The molecule has 0 saturated heterocycles. The SMILES string of the molecule is CCC(CC1CC1)NS(=O)(=O)c1ccc(Br)s1. The van der Waals surface area contributed by atoms with Crippen LogP contribution in [0.3, 0.4) is 0 Å². The van der Waals surface area contributed by atoms with E-state index < -0.39 is 10.0 Å². The average Bonchev–Trinajstić information content (AvgIpc) is 2.96. The van der Waals surface area contributed by atoms with Gasteiger partial charge >= 0.3 is 0 Å². The number of thiophene rings is 1. The molecule has 3 nitrogen and oxygen atoms in total. The molecule has 96 valence electrons. The van der Waals surface area contributed by atoms with Crippen LogP contribution < -0.4 is 4.72 Å². The lowest BCUT2D eigenvalue weighted by Crippen LogP contribution is -2.34. The summed E-state index contributed by atoms with van der Waals surface area (Å²) < 4.78 is 28.2. The Morgan fingerprint density at radius 3 is 2.71 bits per heavy atom. The van der Waals surface area contributed by atoms with Crippen LogP contribution in [0.4, 0.5) is 0 Å². The largest absolute Gasteiger partial charge is 0.250 e. The highest BCUT2D eigenvalue weighted by Crippen LogP contribution is 2.34. The van der Waals surface area contributed by atoms with Gasteiger partial charge in [-0.15, -0.1) is 11.3 Å². The van der Waals surface area contributed by atoms with E-state index >= 15 is 0 Å². The van der Waals surface area contributed by atoms with Crippen LogP contribution in [0.1, 0.15) is 32.6 Å². The van der Waals surface area contributed by atoms with Crippen molar-refractivity contribution in [2.24, 2.45) is 5.92 Å². The van der Waals surface area contributed by atoms with Crippen LogP contribution in [0.5, 0.6) is 0 Å². The first kappa shape index (κ1) is 13.5. The predicted molar refractivity (Wildman–Crippen MR) is 73.8 cm³/mol. The van der Waals surface area contributed by atoms with Crippen molar-refractivity contribution in [1.29, 1.82) is 0 Å². The normalized spacial score (nSPS) is 18.2. The minimum atomic E-state index is -3.33. The average molecular weight is 338 g/mol. The van der Waals surface area contributed by atoms with E-state index in [2.05, 4.69) is 20.7 Å². The first-order chi connectivity index (χ1) is 8.01. The maximum atomic E-state index is 12.1. The standard InChI is InChI=1S/C11H16BrNO2S2/c1-2-9(7-8-3-4-8)13-17(14,15)11-6-5-10(12)16-11/h5-6,8-9,13H,2-4,7H2,1H3. The van der Waals surface area contributed by atoms with E-state index in [4.69, 9.17) is 0 Å². The summed E-state index contributed by atoms with van der Waals surface area (Å²) in [5, 5.41) is 0. The topological polar surface area (TPSA) is 46.2 Å². The van der Waals surface area contributed by atoms with Crippen LogP contribution in [-0.2, 0) is 10.0 Å². The van der Waals surface area contributed by atoms with Gasteiger partial charge < -0.3 is 0 Å². The Kier molecular flexibility index (Phi) is 4.28. The summed E-state index contributed by atoms with van der Waals surface area (Å²) in [6.45, 7) is 2.03. The number of sulfonamides is 1. The molecular formula is C11H16BrNO2S2. The van der Waals surface area contributed by atoms with Gasteiger partial charge in [0.05, 0.1) is 3.79 Å². The highest BCUT2D eigenvalue weighted by molar-refractivity contribution is 9.11. The Hall–Kier alpha value is 0.0900. The zero-order valence-corrected chi connectivity index (χ0v) is 12.9. The number of rotatable bonds is 6. The van der Waals surface area contributed by atoms with Gasteiger partial charge in [0.2, 0.25) is 10.0 Å². The Balaban J connectivity index is 2.04. The van der Waals surface area contributed by atoms with Crippen LogP contribution in [-0.4, -0.2) is 14.5 Å². The fourth-order valence-electron chi connectivity index (χ4n) is 1.77. The number of hydrogen-bond donors (Lipinski definition) is 1. The summed E-state index contributed by atoms with van der Waals surface area (Å²) in [4.78, 5) is 0. The summed E-state index contributed by atoms with van der Waals surface area (Å²) in [6, 6.07) is 3.48. The van der Waals surface area contributed by atoms with Gasteiger partial charge in [-0.2, -0.15) is 0 Å². The Morgan fingerprint density at radius 1 is 1.53 bits per heavy atom. The monoisotopic (exact) mass is 337 g/mol. The minimum absolute atomic E-state index is 0.0772. The van der Waals surface area contributed by atoms with Gasteiger partial charge in [-0.25, -0.2) is 13.1 Å². The molecule has 0 radical (unpaired) electrons. The van der Waals surface area contributed by atoms with E-state index in [1.165, 1.54) is 24.2 Å². The molecule has 0 spiro atoms. The highest BCUT2D eigenvalue weighted by Gasteiger charge is 2.28. The van der Waals surface area contributed by atoms with Crippen LogP contribution >= 0.6 is 27.3 Å². The van der Waals surface area contributed by atoms with Crippen molar-refractivity contribution in [3.05, 3.63) is 15.9 Å². The second-order valence-electron chi connectivity index (χ2n) is 4.46. The molecular weight excluding hydrogens is 322 g/mol. The molecule has 17 heavy (non-hydrogen) atoms. The van der Waals surface area contributed by atoms with E-state index in [0.29, 0.717) is 4.21 Å². The lowest BCUT2D eigenvalue weighted by atomic mass is 10.1. The summed E-state index contributed by atoms with van der Waals surface area (Å²) >= 11 is 4.53. The molecule has 0 aromatic carbocycles. The van der Waals surface area contributed by atoms with Crippen molar-refractivity contribution < 1.29 is 8.42 Å². The zero-order valence-electron chi connectivity index (χ0n) is 9.65. The van der Waals surface area contributed by atoms with E-state index in [1.54, 1.807) is 12.1 Å². The quantitative estimate of drug-likeness (QED) is 0.864. The lowest BCUT2D eigenvalue weighted by Gasteiger charge is -2.15. The molecule has 1 aliphatic carbocycles. The van der Waals surface area contributed by atoms with Gasteiger partial charge in [-0.1, -0.05) is 19.8 Å². The van der Waals surface area contributed by atoms with Crippen molar-refractivity contribution in [2.75, 3.05) is 0 Å². The Bertz CT molecular complexity index is 479. The zero-order chi connectivity index (χ0) is 12.5. The van der Waals surface area contributed by atoms with E-state index in [0.717, 1.165) is 22.5 Å². The van der Waals surface area contributed by atoms with E-state index in [9.17, 15) is 8.42 Å². The molecule has 0 bridgehead atoms. The molecule has 1 heterocycles. The van der Waals surface area contributed by atoms with Crippen molar-refractivity contribution in [1.82, 2.24) is 4.72 Å². The maximum Gasteiger partial charge on any atom is 0.250 e. The number of hydrogen-bond acceptors (Lipinski definition) is 3. The summed E-state index contributed by atoms with van der Waals surface area (Å²) in [5.74, 6) is 0.734. The predicted octanol–water partition coefficient (Wildman–Crippen LogP) is 3.37. The molecule has 2 rings (SSSR count). The molecule has 1 saturated carbocycles. The molecule has 1 unspecified atom stereocenters. The minimum Gasteiger partial charge on any atom is -0.207 e. The van der Waals surface area contributed by atoms with Crippen molar-refractivity contribution >= 4 is 37.3 Å². The first-order valence-corrected chi connectivity index (χ1v) is 8.88. The van der Waals surface area contributed by atoms with Gasteiger partial charge in [0.1, 0.15) is 4.21 Å². The van der Waals surface area contributed by atoms with Crippen LogP contribution in [0.15, 0.2) is 20.1 Å². The fraction of sp³-hybridized carbons (Fsp3) is 0.636. The van der Waals surface area contributed by atoms with Gasteiger partial charge in [-0.05, 0) is 46.8 Å². The summed E-state index contributed by atoms with van der Waals surface area (Å²) in [7, 11) is -3.33. The fourth-order valence-corrected chi connectivity index (χ4v) is 5.13. The Morgan fingerprint density at radius 2 is 2.24 bits per heavy atom. The molecule has 1 fully saturated rings. The van der Waals surface area contributed by atoms with Gasteiger partial charge in [-0.3, -0.25) is 0 Å². The molecule has 6 heteroatoms. The third kappa shape index (κ3) is 3.77. The number of halogens is 1. The maximum absolute atomic E-state index is 12.1. The molecule has 0 amide bonds. The van der Waals surface area contributed by atoms with Crippen molar-refractivity contribution in [3.8, 4) is 0 Å². The van der Waals surface area contributed by atoms with E-state index in [1.807, 2.05) is 6.92 Å². The van der Waals surface area contributed by atoms with Gasteiger partial charge in [0.25, 0.3) is 0 Å². The Labute approximate surface area is 115 Å². The van der Waals surface area contributed by atoms with Crippen LogP contribution in [0.2, 0.25) is 0 Å². The lowest BCUT2D eigenvalue weighted by molar-refractivity contribution is 0.496. The third-order valence-corrected chi connectivity index (χ3v) is 6.58. The van der Waals surface area contributed by atoms with Crippen LogP contribution in [0, 0.1) is 5.92 Å². The van der Waals surface area contributed by atoms with Crippen molar-refractivity contribution in [2.45, 2.75) is 42.9 Å². The summed E-state index contributed by atoms with van der Waals surface area (Å²) in [5.41, 5.74) is 0. The van der Waals surface area contributed by atoms with E-state index in [-0.39, 0.29) is 6.04 Å². The first-order valence-electron chi connectivity index (χ1n) is 5.79. The second kappa shape index (κ2) is 5.38. The van der Waals surface area contributed by atoms with Gasteiger partial charge in [0, 0.05) is 6.04 Å². The number of nitrogens with one attached hydrogen (secondary N) is 1. The summed E-state index contributed by atoms with van der Waals surface area (Å²) in [6.07, 6.45) is 4.33. The molecule has 1 N–H and O–H groups in total. The molecule has 1 aromatic heterocycles. The third-order valence-electron chi connectivity index (χ3n) is 2.94. The molecule has 1 aromatic rings.